The van der Waals surface area contributed by atoms with Crippen molar-refractivity contribution in [3.63, 3.8) is 0 Å². The number of aromatic amines is 1. The largest absolute Gasteiger partial charge is 0.480 e. The Labute approximate surface area is 143 Å². The van der Waals surface area contributed by atoms with E-state index in [1.807, 2.05) is 0 Å². The first-order chi connectivity index (χ1) is 11.7. The fraction of sp³-hybridized carbons (Fsp3) is 0.500. The van der Waals surface area contributed by atoms with Crippen LogP contribution in [0.5, 0.6) is 0 Å². The molecule has 1 aromatic heterocycles. The van der Waals surface area contributed by atoms with E-state index in [-0.39, 0.29) is 6.42 Å². The second kappa shape index (κ2) is 9.37. The molecular formula is C14H22N6O5. The van der Waals surface area contributed by atoms with Crippen LogP contribution in [-0.4, -0.2) is 63.4 Å². The van der Waals surface area contributed by atoms with Crippen LogP contribution in [0.4, 0.5) is 0 Å². The number of rotatable bonds is 9. The minimum absolute atomic E-state index is 0.0746. The molecule has 0 aliphatic rings. The zero-order valence-corrected chi connectivity index (χ0v) is 13.9. The zero-order valence-electron chi connectivity index (χ0n) is 13.9. The molecule has 3 amide bonds. The van der Waals surface area contributed by atoms with Crippen LogP contribution in [-0.2, 0) is 25.6 Å². The van der Waals surface area contributed by atoms with Gasteiger partial charge in [0.05, 0.1) is 12.4 Å². The number of carboxylic acids is 1. The molecule has 0 bridgehead atoms. The lowest BCUT2D eigenvalue weighted by Crippen LogP contribution is -2.55. The van der Waals surface area contributed by atoms with Crippen molar-refractivity contribution in [1.29, 1.82) is 0 Å². The van der Waals surface area contributed by atoms with Crippen molar-refractivity contribution in [3.05, 3.63) is 18.2 Å². The fourth-order valence-corrected chi connectivity index (χ4v) is 1.82. The molecule has 0 saturated carbocycles. The van der Waals surface area contributed by atoms with Crippen LogP contribution in [0.3, 0.4) is 0 Å². The maximum absolute atomic E-state index is 12.2. The number of H-pyrrole nitrogens is 1. The van der Waals surface area contributed by atoms with Crippen LogP contribution in [0.1, 0.15) is 19.5 Å². The third kappa shape index (κ3) is 6.99. The minimum atomic E-state index is -1.21. The van der Waals surface area contributed by atoms with E-state index >= 15 is 0 Å². The monoisotopic (exact) mass is 354 g/mol. The van der Waals surface area contributed by atoms with Gasteiger partial charge in [-0.3, -0.25) is 19.2 Å². The van der Waals surface area contributed by atoms with Crippen molar-refractivity contribution >= 4 is 23.7 Å². The smallest absolute Gasteiger partial charge is 0.322 e. The van der Waals surface area contributed by atoms with Crippen molar-refractivity contribution in [2.75, 3.05) is 6.54 Å². The van der Waals surface area contributed by atoms with Crippen molar-refractivity contribution < 1.29 is 24.3 Å². The number of aromatic nitrogens is 2. The molecule has 0 aliphatic heterocycles. The van der Waals surface area contributed by atoms with Crippen molar-refractivity contribution in [1.82, 2.24) is 25.9 Å². The highest BCUT2D eigenvalue weighted by atomic mass is 16.4. The Balaban J connectivity index is 2.74. The van der Waals surface area contributed by atoms with E-state index in [9.17, 15) is 19.2 Å². The maximum atomic E-state index is 12.2. The second-order valence-electron chi connectivity index (χ2n) is 5.47. The molecule has 0 aliphatic carbocycles. The van der Waals surface area contributed by atoms with Gasteiger partial charge in [0.2, 0.25) is 17.7 Å². The summed E-state index contributed by atoms with van der Waals surface area (Å²) >= 11 is 0. The van der Waals surface area contributed by atoms with E-state index in [0.717, 1.165) is 0 Å². The molecular weight excluding hydrogens is 332 g/mol. The molecule has 3 atom stereocenters. The highest BCUT2D eigenvalue weighted by Gasteiger charge is 2.25. The van der Waals surface area contributed by atoms with Crippen LogP contribution in [0.25, 0.3) is 0 Å². The number of carboxylic acid groups (broad SMARTS) is 1. The van der Waals surface area contributed by atoms with E-state index < -0.39 is 48.4 Å². The van der Waals surface area contributed by atoms with Gasteiger partial charge in [-0.2, -0.15) is 0 Å². The molecule has 7 N–H and O–H groups in total. The lowest BCUT2D eigenvalue weighted by molar-refractivity contribution is -0.138. The number of aliphatic carboxylic acids is 1. The summed E-state index contributed by atoms with van der Waals surface area (Å²) in [6.07, 6.45) is 2.96. The van der Waals surface area contributed by atoms with Crippen molar-refractivity contribution in [2.24, 2.45) is 5.73 Å². The average Bonchev–Trinajstić information content (AvgIpc) is 3.04. The SMILES string of the molecule is CC(N)C(=O)NC(C)C(=O)NC(Cc1cnc[nH]1)C(=O)NCC(=O)O. The molecule has 1 aromatic rings. The van der Waals surface area contributed by atoms with Crippen LogP contribution in [0, 0.1) is 0 Å². The minimum Gasteiger partial charge on any atom is -0.480 e. The molecule has 0 radical (unpaired) electrons. The molecule has 0 spiro atoms. The van der Waals surface area contributed by atoms with Gasteiger partial charge in [-0.25, -0.2) is 4.98 Å². The number of hydrogen-bond acceptors (Lipinski definition) is 6. The summed E-state index contributed by atoms with van der Waals surface area (Å²) in [5.41, 5.74) is 5.99. The van der Waals surface area contributed by atoms with Crippen LogP contribution in [0.15, 0.2) is 12.5 Å². The Morgan fingerprint density at radius 1 is 1.20 bits per heavy atom. The number of hydrogen-bond donors (Lipinski definition) is 6. The quantitative estimate of drug-likeness (QED) is 0.283. The van der Waals surface area contributed by atoms with Crippen LogP contribution < -0.4 is 21.7 Å². The number of carbonyl (C=O) groups is 4. The van der Waals surface area contributed by atoms with Crippen LogP contribution in [0.2, 0.25) is 0 Å². The number of nitrogens with two attached hydrogens (primary N) is 1. The Morgan fingerprint density at radius 3 is 2.40 bits per heavy atom. The topological polar surface area (TPSA) is 179 Å². The fourth-order valence-electron chi connectivity index (χ4n) is 1.82. The van der Waals surface area contributed by atoms with Gasteiger partial charge in [-0.1, -0.05) is 0 Å². The first-order valence-electron chi connectivity index (χ1n) is 7.53. The molecule has 3 unspecified atom stereocenters. The van der Waals surface area contributed by atoms with Gasteiger partial charge in [-0.05, 0) is 13.8 Å². The maximum Gasteiger partial charge on any atom is 0.322 e. The summed E-state index contributed by atoms with van der Waals surface area (Å²) in [7, 11) is 0. The third-order valence-corrected chi connectivity index (χ3v) is 3.19. The highest BCUT2D eigenvalue weighted by Crippen LogP contribution is 2.00. The summed E-state index contributed by atoms with van der Waals surface area (Å²) < 4.78 is 0. The summed E-state index contributed by atoms with van der Waals surface area (Å²) in [6.45, 7) is 2.34. The molecule has 0 saturated heterocycles. The average molecular weight is 354 g/mol. The van der Waals surface area contributed by atoms with E-state index in [4.69, 9.17) is 10.8 Å². The van der Waals surface area contributed by atoms with Gasteiger partial charge in [0.25, 0.3) is 0 Å². The van der Waals surface area contributed by atoms with Crippen molar-refractivity contribution in [3.8, 4) is 0 Å². The molecule has 11 heteroatoms. The van der Waals surface area contributed by atoms with Gasteiger partial charge >= 0.3 is 5.97 Å². The van der Waals surface area contributed by atoms with Crippen molar-refractivity contribution in [2.45, 2.75) is 38.4 Å². The van der Waals surface area contributed by atoms with Gasteiger partial charge in [0.15, 0.2) is 0 Å². The van der Waals surface area contributed by atoms with Gasteiger partial charge < -0.3 is 31.8 Å². The van der Waals surface area contributed by atoms with Gasteiger partial charge in [0, 0.05) is 18.3 Å². The summed E-state index contributed by atoms with van der Waals surface area (Å²) in [4.78, 5) is 53.1. The molecule has 0 fully saturated rings. The first-order valence-corrected chi connectivity index (χ1v) is 7.53. The predicted molar refractivity (Wildman–Crippen MR) is 86.1 cm³/mol. The Kier molecular flexibility index (Phi) is 7.53. The zero-order chi connectivity index (χ0) is 19.0. The molecule has 0 aromatic carbocycles. The van der Waals surface area contributed by atoms with E-state index in [0.29, 0.717) is 5.69 Å². The summed E-state index contributed by atoms with van der Waals surface area (Å²) in [5, 5.41) is 15.7. The van der Waals surface area contributed by atoms with Crippen LogP contribution >= 0.6 is 0 Å². The lowest BCUT2D eigenvalue weighted by atomic mass is 10.1. The van der Waals surface area contributed by atoms with Gasteiger partial charge in [-0.15, -0.1) is 0 Å². The number of imidazole rings is 1. The highest BCUT2D eigenvalue weighted by molar-refractivity contribution is 5.93. The first kappa shape index (κ1) is 20.1. The number of nitrogens with one attached hydrogen (secondary N) is 4. The third-order valence-electron chi connectivity index (χ3n) is 3.19. The predicted octanol–water partition coefficient (Wildman–Crippen LogP) is -2.51. The molecule has 138 valence electrons. The van der Waals surface area contributed by atoms with E-state index in [1.165, 1.54) is 26.4 Å². The summed E-state index contributed by atoms with van der Waals surface area (Å²) in [6, 6.07) is -2.74. The Morgan fingerprint density at radius 2 is 1.88 bits per heavy atom. The molecule has 1 rings (SSSR count). The Bertz CT molecular complexity index is 615. The molecule has 25 heavy (non-hydrogen) atoms. The standard InChI is InChI=1S/C14H22N6O5/c1-7(15)12(23)19-8(2)13(24)20-10(3-9-4-16-6-18-9)14(25)17-5-11(21)22/h4,6-8,10H,3,5,15H2,1-2H3,(H,16,18)(H,17,25)(H,19,23)(H,20,24)(H,21,22). The van der Waals surface area contributed by atoms with E-state index in [2.05, 4.69) is 25.9 Å². The normalized spacial score (nSPS) is 14.0. The van der Waals surface area contributed by atoms with Gasteiger partial charge in [0.1, 0.15) is 18.6 Å². The number of carbonyl (C=O) groups excluding carboxylic acids is 3. The lowest BCUT2D eigenvalue weighted by Gasteiger charge is -2.21. The molecule has 1 heterocycles. The number of nitrogens with zero attached hydrogens (tertiary/aromatic N) is 1. The molecule has 11 nitrogen and oxygen atoms in total. The summed E-state index contributed by atoms with van der Waals surface area (Å²) in [5.74, 6) is -3.00. The second-order valence-corrected chi connectivity index (χ2v) is 5.47. The number of amides is 3. The Hall–Kier alpha value is -2.95. The van der Waals surface area contributed by atoms with E-state index in [1.54, 1.807) is 0 Å².